The minimum absolute atomic E-state index is 0.0786. The molecule has 0 bridgehead atoms. The van der Waals surface area contributed by atoms with Crippen LogP contribution in [0.4, 0.5) is 0 Å². The molecule has 0 radical (unpaired) electrons. The molecule has 70 heavy (non-hydrogen) atoms. The average Bonchev–Trinajstić information content (AvgIpc) is 3.36. The fraction of sp³-hybridized carbons (Fsp3) is 0.828. The third-order valence-electron chi connectivity index (χ3n) is 13.6. The first-order chi connectivity index (χ1) is 34.5. The zero-order valence-electron chi connectivity index (χ0n) is 46.8. The molecule has 0 aromatic carbocycles. The van der Waals surface area contributed by atoms with Gasteiger partial charge < -0.3 is 14.2 Å². The molecule has 6 heteroatoms. The van der Waals surface area contributed by atoms with Gasteiger partial charge in [-0.2, -0.15) is 0 Å². The molecule has 0 fully saturated rings. The van der Waals surface area contributed by atoms with E-state index >= 15 is 0 Å². The Hall–Kier alpha value is -2.63. The van der Waals surface area contributed by atoms with Crippen molar-refractivity contribution in [2.45, 2.75) is 329 Å². The lowest BCUT2D eigenvalue weighted by Gasteiger charge is -2.18. The van der Waals surface area contributed by atoms with Gasteiger partial charge in [0.25, 0.3) is 0 Å². The van der Waals surface area contributed by atoms with Crippen LogP contribution in [-0.4, -0.2) is 37.2 Å². The maximum atomic E-state index is 12.9. The summed E-state index contributed by atoms with van der Waals surface area (Å²) >= 11 is 0. The average molecular weight is 982 g/mol. The Kier molecular flexibility index (Phi) is 56.7. The summed E-state index contributed by atoms with van der Waals surface area (Å²) in [5.74, 6) is -0.880. The van der Waals surface area contributed by atoms with E-state index in [1.165, 1.54) is 199 Å². The second-order valence-corrected chi connectivity index (χ2v) is 20.6. The van der Waals surface area contributed by atoms with Crippen LogP contribution in [0.15, 0.2) is 48.6 Å². The number of hydrogen-bond acceptors (Lipinski definition) is 6. The monoisotopic (exact) mass is 981 g/mol. The predicted octanol–water partition coefficient (Wildman–Crippen LogP) is 20.6. The molecule has 0 saturated heterocycles. The summed E-state index contributed by atoms with van der Waals surface area (Å²) in [6.45, 7) is 6.64. The summed E-state index contributed by atoms with van der Waals surface area (Å²) in [4.78, 5) is 38.2. The van der Waals surface area contributed by atoms with Gasteiger partial charge in [0.05, 0.1) is 0 Å². The quantitative estimate of drug-likeness (QED) is 0.0261. The Morgan fingerprint density at radius 1 is 0.286 bits per heavy atom. The van der Waals surface area contributed by atoms with E-state index in [-0.39, 0.29) is 31.1 Å². The van der Waals surface area contributed by atoms with Crippen molar-refractivity contribution >= 4 is 17.9 Å². The molecule has 1 unspecified atom stereocenters. The van der Waals surface area contributed by atoms with Gasteiger partial charge >= 0.3 is 17.9 Å². The molecule has 0 spiro atoms. The topological polar surface area (TPSA) is 78.9 Å². The SMILES string of the molecule is CCCCC/C=C\C/C=C\C/C=C\CCCCCCCCC(=O)OCC(COC(=O)CCCCCCC/C=C\CCCCCCCC)OC(=O)CCCCCCCCCCCCCCCCCCCC. The molecule has 0 amide bonds. The highest BCUT2D eigenvalue weighted by Gasteiger charge is 2.19. The number of rotatable bonds is 56. The first-order valence-corrected chi connectivity index (χ1v) is 30.6. The molecule has 0 aromatic heterocycles. The van der Waals surface area contributed by atoms with Gasteiger partial charge in [0.1, 0.15) is 13.2 Å². The van der Waals surface area contributed by atoms with Crippen molar-refractivity contribution in [3.63, 3.8) is 0 Å². The van der Waals surface area contributed by atoms with Gasteiger partial charge in [0.15, 0.2) is 6.10 Å². The van der Waals surface area contributed by atoms with Gasteiger partial charge in [-0.15, -0.1) is 0 Å². The van der Waals surface area contributed by atoms with E-state index in [9.17, 15) is 14.4 Å². The minimum atomic E-state index is -0.780. The Morgan fingerprint density at radius 2 is 0.514 bits per heavy atom. The maximum absolute atomic E-state index is 12.9. The molecule has 6 nitrogen and oxygen atoms in total. The van der Waals surface area contributed by atoms with Crippen LogP contribution in [0, 0.1) is 0 Å². The van der Waals surface area contributed by atoms with Gasteiger partial charge in [-0.25, -0.2) is 0 Å². The van der Waals surface area contributed by atoms with E-state index < -0.39 is 6.10 Å². The number of ether oxygens (including phenoxy) is 3. The first kappa shape index (κ1) is 67.4. The number of carbonyl (C=O) groups is 3. The lowest BCUT2D eigenvalue weighted by Crippen LogP contribution is -2.30. The summed E-state index contributed by atoms with van der Waals surface area (Å²) in [7, 11) is 0. The highest BCUT2D eigenvalue weighted by molar-refractivity contribution is 5.71. The fourth-order valence-electron chi connectivity index (χ4n) is 8.92. The summed E-state index contributed by atoms with van der Waals surface area (Å²) < 4.78 is 16.9. The number of unbranched alkanes of at least 4 members (excludes halogenated alkanes) is 37. The molecular formula is C64H116O6. The number of esters is 3. The van der Waals surface area contributed by atoms with Crippen molar-refractivity contribution in [3.05, 3.63) is 48.6 Å². The van der Waals surface area contributed by atoms with E-state index in [0.717, 1.165) is 83.5 Å². The van der Waals surface area contributed by atoms with Crippen molar-refractivity contribution in [2.75, 3.05) is 13.2 Å². The van der Waals surface area contributed by atoms with Gasteiger partial charge in [-0.3, -0.25) is 14.4 Å². The fourth-order valence-corrected chi connectivity index (χ4v) is 8.92. The van der Waals surface area contributed by atoms with E-state index in [4.69, 9.17) is 14.2 Å². The van der Waals surface area contributed by atoms with Crippen molar-refractivity contribution in [1.82, 2.24) is 0 Å². The van der Waals surface area contributed by atoms with Crippen LogP contribution in [0.1, 0.15) is 323 Å². The molecule has 0 aliphatic heterocycles. The molecule has 0 N–H and O–H groups in total. The lowest BCUT2D eigenvalue weighted by atomic mass is 10.0. The Morgan fingerprint density at radius 3 is 0.843 bits per heavy atom. The molecule has 1 atom stereocenters. The Bertz CT molecular complexity index is 1220. The lowest BCUT2D eigenvalue weighted by molar-refractivity contribution is -0.167. The van der Waals surface area contributed by atoms with Crippen molar-refractivity contribution in [3.8, 4) is 0 Å². The van der Waals surface area contributed by atoms with Crippen LogP contribution < -0.4 is 0 Å². The molecule has 0 aliphatic rings. The molecule has 0 aliphatic carbocycles. The standard InChI is InChI=1S/C64H116O6/c1-4-7-10-13-16-19-22-25-28-30-32-34-36-39-42-45-48-51-54-57-63(66)69-60-61(59-68-62(65)56-53-50-47-44-41-38-35-27-24-21-18-15-12-9-6-3)70-64(67)58-55-52-49-46-43-40-37-33-31-29-26-23-20-17-14-11-8-5-2/h16,19,25,27-28,32,34-35,61H,4-15,17-18,20-24,26,29-31,33,36-60H2,1-3H3/b19-16-,28-25-,34-32-,35-27-. The van der Waals surface area contributed by atoms with Gasteiger partial charge in [-0.05, 0) is 83.5 Å². The van der Waals surface area contributed by atoms with Crippen LogP contribution >= 0.6 is 0 Å². The summed E-state index contributed by atoms with van der Waals surface area (Å²) in [5.41, 5.74) is 0. The maximum Gasteiger partial charge on any atom is 0.306 e. The second-order valence-electron chi connectivity index (χ2n) is 20.6. The van der Waals surface area contributed by atoms with Gasteiger partial charge in [-0.1, -0.05) is 268 Å². The summed E-state index contributed by atoms with van der Waals surface area (Å²) in [6, 6.07) is 0. The third-order valence-corrected chi connectivity index (χ3v) is 13.6. The predicted molar refractivity (Wildman–Crippen MR) is 302 cm³/mol. The zero-order chi connectivity index (χ0) is 50.7. The molecule has 0 aromatic rings. The number of hydrogen-bond donors (Lipinski definition) is 0. The third kappa shape index (κ3) is 56.3. The molecular weight excluding hydrogens is 865 g/mol. The molecule has 0 rings (SSSR count). The zero-order valence-corrected chi connectivity index (χ0v) is 46.8. The van der Waals surface area contributed by atoms with E-state index in [1.807, 2.05) is 0 Å². The summed E-state index contributed by atoms with van der Waals surface area (Å²) in [5, 5.41) is 0. The Balaban J connectivity index is 4.37. The van der Waals surface area contributed by atoms with Crippen LogP contribution in [0.2, 0.25) is 0 Å². The largest absolute Gasteiger partial charge is 0.462 e. The smallest absolute Gasteiger partial charge is 0.306 e. The van der Waals surface area contributed by atoms with Crippen molar-refractivity contribution in [1.29, 1.82) is 0 Å². The number of allylic oxidation sites excluding steroid dienone is 8. The van der Waals surface area contributed by atoms with E-state index in [1.54, 1.807) is 0 Å². The molecule has 0 heterocycles. The highest BCUT2D eigenvalue weighted by Crippen LogP contribution is 2.17. The van der Waals surface area contributed by atoms with Crippen LogP contribution in [-0.2, 0) is 28.6 Å². The Labute approximate surface area is 435 Å². The highest BCUT2D eigenvalue weighted by atomic mass is 16.6. The van der Waals surface area contributed by atoms with Crippen molar-refractivity contribution < 1.29 is 28.6 Å². The van der Waals surface area contributed by atoms with Gasteiger partial charge in [0, 0.05) is 19.3 Å². The first-order valence-electron chi connectivity index (χ1n) is 30.6. The normalized spacial score (nSPS) is 12.3. The van der Waals surface area contributed by atoms with Gasteiger partial charge in [0.2, 0.25) is 0 Å². The van der Waals surface area contributed by atoms with E-state index in [0.29, 0.717) is 19.3 Å². The van der Waals surface area contributed by atoms with Crippen LogP contribution in [0.25, 0.3) is 0 Å². The van der Waals surface area contributed by atoms with Crippen molar-refractivity contribution in [2.24, 2.45) is 0 Å². The molecule has 0 saturated carbocycles. The number of carbonyl (C=O) groups excluding carboxylic acids is 3. The molecule has 408 valence electrons. The van der Waals surface area contributed by atoms with Crippen LogP contribution in [0.5, 0.6) is 0 Å². The minimum Gasteiger partial charge on any atom is -0.462 e. The second kappa shape index (κ2) is 58.9. The summed E-state index contributed by atoms with van der Waals surface area (Å²) in [6.07, 6.45) is 72.4. The van der Waals surface area contributed by atoms with E-state index in [2.05, 4.69) is 69.4 Å². The van der Waals surface area contributed by atoms with Crippen LogP contribution in [0.3, 0.4) is 0 Å².